The summed E-state index contributed by atoms with van der Waals surface area (Å²) in [5.41, 5.74) is -0.319. The van der Waals surface area contributed by atoms with E-state index in [2.05, 4.69) is 10.3 Å². The summed E-state index contributed by atoms with van der Waals surface area (Å²) in [6, 6.07) is 9.22. The number of amides is 1. The Hall–Kier alpha value is -3.95. The monoisotopic (exact) mass is 448 g/mol. The predicted octanol–water partition coefficient (Wildman–Crippen LogP) is 4.54. The van der Waals surface area contributed by atoms with E-state index in [4.69, 9.17) is 9.84 Å². The molecule has 0 bridgehead atoms. The van der Waals surface area contributed by atoms with Crippen molar-refractivity contribution in [1.82, 2.24) is 10.3 Å². The van der Waals surface area contributed by atoms with E-state index >= 15 is 0 Å². The number of ether oxygens (including phenoxy) is 1. The summed E-state index contributed by atoms with van der Waals surface area (Å²) in [6.45, 7) is -0.130. The summed E-state index contributed by atoms with van der Waals surface area (Å²) < 4.78 is 57.3. The Kier molecular flexibility index (Phi) is 6.42. The second kappa shape index (κ2) is 9.04. The molecule has 32 heavy (non-hydrogen) atoms. The van der Waals surface area contributed by atoms with Crippen LogP contribution >= 0.6 is 0 Å². The van der Waals surface area contributed by atoms with Gasteiger partial charge in [-0.1, -0.05) is 0 Å². The van der Waals surface area contributed by atoms with E-state index < -0.39 is 35.0 Å². The minimum absolute atomic E-state index is 0.0402. The van der Waals surface area contributed by atoms with Gasteiger partial charge in [-0.25, -0.2) is 9.18 Å². The number of hydrogen-bond donors (Lipinski definition) is 2. The number of pyridine rings is 1. The molecule has 0 fully saturated rings. The maximum Gasteiger partial charge on any atom is 0.416 e. The highest BCUT2D eigenvalue weighted by atomic mass is 19.4. The van der Waals surface area contributed by atoms with Gasteiger partial charge in [0.2, 0.25) is 0 Å². The number of rotatable bonds is 6. The highest BCUT2D eigenvalue weighted by molar-refractivity contribution is 5.94. The van der Waals surface area contributed by atoms with E-state index in [0.29, 0.717) is 28.6 Å². The fourth-order valence-electron chi connectivity index (χ4n) is 2.94. The molecule has 0 aliphatic rings. The van der Waals surface area contributed by atoms with E-state index in [0.717, 1.165) is 6.07 Å². The molecule has 1 heterocycles. The first-order valence-corrected chi connectivity index (χ1v) is 9.11. The average Bonchev–Trinajstić information content (AvgIpc) is 2.76. The summed E-state index contributed by atoms with van der Waals surface area (Å²) in [5, 5.41) is 11.6. The predicted molar refractivity (Wildman–Crippen MR) is 106 cm³/mol. The molecule has 166 valence electrons. The van der Waals surface area contributed by atoms with Crippen LogP contribution < -0.4 is 10.1 Å². The number of carboxylic acid groups (broad SMARTS) is 1. The molecule has 2 N–H and O–H groups in total. The van der Waals surface area contributed by atoms with Crippen LogP contribution in [0.2, 0.25) is 0 Å². The smallest absolute Gasteiger partial charge is 0.416 e. The van der Waals surface area contributed by atoms with Gasteiger partial charge in [-0.3, -0.25) is 9.78 Å². The molecule has 2 aromatic carbocycles. The number of nitrogens with zero attached hydrogens (tertiary/aromatic N) is 1. The van der Waals surface area contributed by atoms with E-state index in [1.807, 2.05) is 0 Å². The quantitative estimate of drug-likeness (QED) is 0.541. The molecule has 0 saturated heterocycles. The minimum Gasteiger partial charge on any atom is -0.496 e. The Bertz CT molecular complexity index is 1180. The molecule has 0 aliphatic carbocycles. The zero-order valence-corrected chi connectivity index (χ0v) is 16.5. The molecular formula is C22H16F4N2O4. The standard InChI is InChI=1S/C22H16F4N2O4/c1-32-19-5-2-12(18-9-13(21(30)31)6-7-27-18)8-14(19)11-28-20(29)16-4-3-15(10-17(16)23)22(24,25)26/h2-10H,11H2,1H3,(H,28,29)(H,30,31). The van der Waals surface area contributed by atoms with E-state index in [9.17, 15) is 27.2 Å². The third-order valence-electron chi connectivity index (χ3n) is 4.56. The van der Waals surface area contributed by atoms with Crippen molar-refractivity contribution >= 4 is 11.9 Å². The molecule has 0 radical (unpaired) electrons. The van der Waals surface area contributed by atoms with Crippen molar-refractivity contribution in [2.75, 3.05) is 7.11 Å². The van der Waals surface area contributed by atoms with Gasteiger partial charge >= 0.3 is 12.1 Å². The first-order chi connectivity index (χ1) is 15.1. The van der Waals surface area contributed by atoms with Gasteiger partial charge in [-0.2, -0.15) is 13.2 Å². The lowest BCUT2D eigenvalue weighted by molar-refractivity contribution is -0.137. The largest absolute Gasteiger partial charge is 0.496 e. The number of hydrogen-bond acceptors (Lipinski definition) is 4. The fourth-order valence-corrected chi connectivity index (χ4v) is 2.94. The zero-order valence-electron chi connectivity index (χ0n) is 16.5. The fraction of sp³-hybridized carbons (Fsp3) is 0.136. The molecule has 0 aliphatic heterocycles. The van der Waals surface area contributed by atoms with Crippen molar-refractivity contribution < 1.29 is 37.0 Å². The van der Waals surface area contributed by atoms with Crippen LogP contribution in [0.25, 0.3) is 11.3 Å². The highest BCUT2D eigenvalue weighted by Crippen LogP contribution is 2.30. The van der Waals surface area contributed by atoms with Crippen LogP contribution in [0.15, 0.2) is 54.7 Å². The lowest BCUT2D eigenvalue weighted by Crippen LogP contribution is -2.24. The Balaban J connectivity index is 1.83. The second-order valence-corrected chi connectivity index (χ2v) is 6.64. The molecule has 0 unspecified atom stereocenters. The Morgan fingerprint density at radius 2 is 1.84 bits per heavy atom. The molecular weight excluding hydrogens is 432 g/mol. The lowest BCUT2D eigenvalue weighted by Gasteiger charge is -2.13. The van der Waals surface area contributed by atoms with Crippen molar-refractivity contribution in [3.63, 3.8) is 0 Å². The third-order valence-corrected chi connectivity index (χ3v) is 4.56. The lowest BCUT2D eigenvalue weighted by atomic mass is 10.0. The third kappa shape index (κ3) is 5.02. The van der Waals surface area contributed by atoms with Gasteiger partial charge in [0.15, 0.2) is 0 Å². The number of carbonyl (C=O) groups is 2. The SMILES string of the molecule is COc1ccc(-c2cc(C(=O)O)ccn2)cc1CNC(=O)c1ccc(C(F)(F)F)cc1F. The Labute approximate surface area is 179 Å². The maximum absolute atomic E-state index is 14.0. The first kappa shape index (κ1) is 22.7. The van der Waals surface area contributed by atoms with Crippen LogP contribution in [0, 0.1) is 5.82 Å². The molecule has 3 aromatic rings. The summed E-state index contributed by atoms with van der Waals surface area (Å²) in [6.07, 6.45) is -3.38. The van der Waals surface area contributed by atoms with Crippen LogP contribution in [-0.2, 0) is 12.7 Å². The topological polar surface area (TPSA) is 88.5 Å². The minimum atomic E-state index is -4.73. The number of aromatic carboxylic acids is 1. The van der Waals surface area contributed by atoms with E-state index in [1.165, 1.54) is 25.4 Å². The molecule has 1 aromatic heterocycles. The summed E-state index contributed by atoms with van der Waals surface area (Å²) in [4.78, 5) is 27.6. The number of benzene rings is 2. The van der Waals surface area contributed by atoms with Gasteiger partial charge in [-0.05, 0) is 48.5 Å². The number of nitrogens with one attached hydrogen (secondary N) is 1. The number of alkyl halides is 3. The van der Waals surface area contributed by atoms with Crippen molar-refractivity contribution in [1.29, 1.82) is 0 Å². The van der Waals surface area contributed by atoms with Gasteiger partial charge in [-0.15, -0.1) is 0 Å². The summed E-state index contributed by atoms with van der Waals surface area (Å²) in [7, 11) is 1.40. The molecule has 0 atom stereocenters. The second-order valence-electron chi connectivity index (χ2n) is 6.64. The van der Waals surface area contributed by atoms with Crippen LogP contribution in [0.5, 0.6) is 5.75 Å². The number of halogens is 4. The van der Waals surface area contributed by atoms with Crippen LogP contribution in [0.4, 0.5) is 17.6 Å². The highest BCUT2D eigenvalue weighted by Gasteiger charge is 2.31. The summed E-state index contributed by atoms with van der Waals surface area (Å²) in [5.74, 6) is -2.94. The van der Waals surface area contributed by atoms with Gasteiger partial charge < -0.3 is 15.2 Å². The summed E-state index contributed by atoms with van der Waals surface area (Å²) >= 11 is 0. The van der Waals surface area contributed by atoms with E-state index in [1.54, 1.807) is 18.2 Å². The normalized spacial score (nSPS) is 11.2. The van der Waals surface area contributed by atoms with Gasteiger partial charge in [0.05, 0.1) is 29.5 Å². The van der Waals surface area contributed by atoms with Gasteiger partial charge in [0, 0.05) is 23.9 Å². The Morgan fingerprint density at radius 1 is 1.09 bits per heavy atom. The van der Waals surface area contributed by atoms with E-state index in [-0.39, 0.29) is 18.2 Å². The average molecular weight is 448 g/mol. The molecule has 10 heteroatoms. The van der Waals surface area contributed by atoms with Crippen molar-refractivity contribution in [3.8, 4) is 17.0 Å². The van der Waals surface area contributed by atoms with Gasteiger partial charge in [0.25, 0.3) is 5.91 Å². The molecule has 1 amide bonds. The maximum atomic E-state index is 14.0. The number of aromatic nitrogens is 1. The Morgan fingerprint density at radius 3 is 2.47 bits per heavy atom. The number of carbonyl (C=O) groups excluding carboxylic acids is 1. The van der Waals surface area contributed by atoms with Gasteiger partial charge in [0.1, 0.15) is 11.6 Å². The zero-order chi connectivity index (χ0) is 23.5. The van der Waals surface area contributed by atoms with Crippen molar-refractivity contribution in [3.05, 3.63) is 82.8 Å². The van der Waals surface area contributed by atoms with Crippen LogP contribution in [-0.4, -0.2) is 29.1 Å². The number of methoxy groups -OCH3 is 1. The van der Waals surface area contributed by atoms with Crippen molar-refractivity contribution in [2.45, 2.75) is 12.7 Å². The first-order valence-electron chi connectivity index (χ1n) is 9.11. The molecule has 0 spiro atoms. The van der Waals surface area contributed by atoms with Crippen LogP contribution in [0.1, 0.15) is 31.8 Å². The van der Waals surface area contributed by atoms with Crippen LogP contribution in [0.3, 0.4) is 0 Å². The molecule has 0 saturated carbocycles. The number of carboxylic acids is 1. The van der Waals surface area contributed by atoms with Crippen molar-refractivity contribution in [2.24, 2.45) is 0 Å². The molecule has 3 rings (SSSR count). The molecule has 6 nitrogen and oxygen atoms in total.